The molecular formula is C17H8F2N4O3. The SMILES string of the molecule is O=C1c2ccccc2C(=O)c2c1ccc(Nc1nnnc(F)c1F)c2O. The fourth-order valence-corrected chi connectivity index (χ4v) is 2.77. The van der Waals surface area contributed by atoms with Gasteiger partial charge in [-0.2, -0.15) is 8.78 Å². The van der Waals surface area contributed by atoms with E-state index in [1.165, 1.54) is 24.3 Å². The summed E-state index contributed by atoms with van der Waals surface area (Å²) in [7, 11) is 0. The summed E-state index contributed by atoms with van der Waals surface area (Å²) in [5.41, 5.74) is 0.0468. The Kier molecular flexibility index (Phi) is 3.43. The predicted molar refractivity (Wildman–Crippen MR) is 84.4 cm³/mol. The van der Waals surface area contributed by atoms with E-state index in [-0.39, 0.29) is 27.9 Å². The van der Waals surface area contributed by atoms with Crippen LogP contribution in [0.3, 0.4) is 0 Å². The molecule has 7 nitrogen and oxygen atoms in total. The van der Waals surface area contributed by atoms with Crippen molar-refractivity contribution in [3.05, 3.63) is 70.4 Å². The molecule has 128 valence electrons. The summed E-state index contributed by atoms with van der Waals surface area (Å²) in [6, 6.07) is 8.79. The van der Waals surface area contributed by atoms with Crippen molar-refractivity contribution >= 4 is 23.1 Å². The Morgan fingerprint density at radius 2 is 1.58 bits per heavy atom. The molecule has 2 N–H and O–H groups in total. The van der Waals surface area contributed by atoms with Gasteiger partial charge in [-0.1, -0.05) is 29.4 Å². The van der Waals surface area contributed by atoms with Crippen molar-refractivity contribution in [1.29, 1.82) is 0 Å². The Morgan fingerprint density at radius 3 is 2.31 bits per heavy atom. The zero-order valence-corrected chi connectivity index (χ0v) is 12.8. The van der Waals surface area contributed by atoms with Crippen molar-refractivity contribution in [2.24, 2.45) is 0 Å². The van der Waals surface area contributed by atoms with Crippen LogP contribution in [0.4, 0.5) is 20.3 Å². The first-order chi connectivity index (χ1) is 12.5. The normalized spacial score (nSPS) is 12.5. The summed E-state index contributed by atoms with van der Waals surface area (Å²) >= 11 is 0. The van der Waals surface area contributed by atoms with Gasteiger partial charge in [0.05, 0.1) is 11.3 Å². The lowest BCUT2D eigenvalue weighted by Crippen LogP contribution is -2.21. The summed E-state index contributed by atoms with van der Waals surface area (Å²) in [4.78, 5) is 25.2. The van der Waals surface area contributed by atoms with Crippen molar-refractivity contribution < 1.29 is 23.5 Å². The molecule has 1 aliphatic carbocycles. The second-order valence-electron chi connectivity index (χ2n) is 5.46. The van der Waals surface area contributed by atoms with Gasteiger partial charge >= 0.3 is 0 Å². The molecule has 1 aromatic heterocycles. The number of fused-ring (bicyclic) bond motifs is 2. The number of hydrogen-bond acceptors (Lipinski definition) is 7. The van der Waals surface area contributed by atoms with Gasteiger partial charge in [-0.15, -0.1) is 5.10 Å². The van der Waals surface area contributed by atoms with E-state index in [1.54, 1.807) is 12.1 Å². The molecule has 0 fully saturated rings. The quantitative estimate of drug-likeness (QED) is 0.533. The number of phenols is 1. The van der Waals surface area contributed by atoms with Gasteiger partial charge in [0.2, 0.25) is 5.82 Å². The highest BCUT2D eigenvalue weighted by atomic mass is 19.2. The average molecular weight is 354 g/mol. The minimum atomic E-state index is -1.47. The van der Waals surface area contributed by atoms with Crippen LogP contribution in [0.25, 0.3) is 0 Å². The van der Waals surface area contributed by atoms with E-state index in [1.807, 2.05) is 0 Å². The molecule has 2 aromatic carbocycles. The van der Waals surface area contributed by atoms with Gasteiger partial charge in [0, 0.05) is 16.7 Å². The fraction of sp³-hybridized carbons (Fsp3) is 0. The fourth-order valence-electron chi connectivity index (χ4n) is 2.77. The first-order valence-electron chi connectivity index (χ1n) is 7.35. The number of anilines is 2. The van der Waals surface area contributed by atoms with E-state index in [9.17, 15) is 23.5 Å². The number of benzene rings is 2. The van der Waals surface area contributed by atoms with Gasteiger partial charge in [-0.3, -0.25) is 9.59 Å². The number of hydrogen-bond donors (Lipinski definition) is 2. The molecule has 1 heterocycles. The maximum absolute atomic E-state index is 13.7. The molecule has 4 rings (SSSR count). The van der Waals surface area contributed by atoms with E-state index >= 15 is 0 Å². The highest BCUT2D eigenvalue weighted by Gasteiger charge is 2.33. The number of aromatic nitrogens is 3. The number of aromatic hydroxyl groups is 1. The third-order valence-corrected chi connectivity index (χ3v) is 3.99. The molecule has 0 radical (unpaired) electrons. The molecule has 0 atom stereocenters. The standard InChI is InChI=1S/C17H8F2N4O3/c18-12-16(19)21-23-22-17(12)20-10-6-5-9-11(15(10)26)14(25)8-4-2-1-3-7(8)13(9)24/h1-6,26H,(H,20,21,22). The van der Waals surface area contributed by atoms with Crippen molar-refractivity contribution in [3.8, 4) is 5.75 Å². The van der Waals surface area contributed by atoms with Gasteiger partial charge in [-0.05, 0) is 17.3 Å². The molecule has 9 heteroatoms. The molecule has 0 spiro atoms. The number of carbonyl (C=O) groups excluding carboxylic acids is 2. The topological polar surface area (TPSA) is 105 Å². The molecule has 3 aromatic rings. The highest BCUT2D eigenvalue weighted by molar-refractivity contribution is 6.29. The summed E-state index contributed by atoms with van der Waals surface area (Å²) in [5, 5.41) is 22.0. The number of nitrogens with zero attached hydrogens (tertiary/aromatic N) is 3. The Morgan fingerprint density at radius 1 is 0.885 bits per heavy atom. The third kappa shape index (κ3) is 2.21. The molecule has 0 saturated heterocycles. The summed E-state index contributed by atoms with van der Waals surface area (Å²) in [6.45, 7) is 0. The zero-order chi connectivity index (χ0) is 18.4. The number of rotatable bonds is 2. The Bertz CT molecular complexity index is 1100. The van der Waals surface area contributed by atoms with E-state index in [0.717, 1.165) is 0 Å². The van der Waals surface area contributed by atoms with E-state index < -0.39 is 34.9 Å². The molecule has 0 unspecified atom stereocenters. The number of carbonyl (C=O) groups is 2. The van der Waals surface area contributed by atoms with Gasteiger partial charge in [-0.25, -0.2) is 0 Å². The van der Waals surface area contributed by atoms with Crippen LogP contribution in [-0.4, -0.2) is 32.1 Å². The van der Waals surface area contributed by atoms with Crippen LogP contribution in [0.5, 0.6) is 5.75 Å². The third-order valence-electron chi connectivity index (χ3n) is 3.99. The summed E-state index contributed by atoms with van der Waals surface area (Å²) < 4.78 is 26.8. The molecule has 0 saturated carbocycles. The van der Waals surface area contributed by atoms with Gasteiger partial charge in [0.15, 0.2) is 23.1 Å². The lowest BCUT2D eigenvalue weighted by molar-refractivity contribution is 0.0977. The predicted octanol–water partition coefficient (Wildman–Crippen LogP) is 2.37. The zero-order valence-electron chi connectivity index (χ0n) is 12.8. The second kappa shape index (κ2) is 5.66. The van der Waals surface area contributed by atoms with Crippen LogP contribution in [-0.2, 0) is 0 Å². The van der Waals surface area contributed by atoms with Crippen LogP contribution in [0.15, 0.2) is 36.4 Å². The first-order valence-corrected chi connectivity index (χ1v) is 7.35. The van der Waals surface area contributed by atoms with Crippen LogP contribution in [0, 0.1) is 11.8 Å². The van der Waals surface area contributed by atoms with Gasteiger partial charge in [0.1, 0.15) is 0 Å². The number of nitrogens with one attached hydrogen (secondary N) is 1. The van der Waals surface area contributed by atoms with Crippen molar-refractivity contribution in [2.45, 2.75) is 0 Å². The lowest BCUT2D eigenvalue weighted by atomic mass is 9.83. The lowest BCUT2D eigenvalue weighted by Gasteiger charge is -2.20. The Hall–Kier alpha value is -3.75. The first kappa shape index (κ1) is 15.8. The van der Waals surface area contributed by atoms with E-state index in [4.69, 9.17) is 0 Å². The smallest absolute Gasteiger partial charge is 0.274 e. The largest absolute Gasteiger partial charge is 0.505 e. The van der Waals surface area contributed by atoms with Crippen molar-refractivity contribution in [3.63, 3.8) is 0 Å². The highest BCUT2D eigenvalue weighted by Crippen LogP contribution is 2.38. The van der Waals surface area contributed by atoms with Gasteiger partial charge in [0.25, 0.3) is 5.95 Å². The average Bonchev–Trinajstić information content (AvgIpc) is 2.65. The molecule has 26 heavy (non-hydrogen) atoms. The Balaban J connectivity index is 1.83. The van der Waals surface area contributed by atoms with Gasteiger partial charge < -0.3 is 10.4 Å². The van der Waals surface area contributed by atoms with Crippen molar-refractivity contribution in [2.75, 3.05) is 5.32 Å². The molecule has 1 aliphatic rings. The number of halogens is 2. The van der Waals surface area contributed by atoms with Crippen LogP contribution < -0.4 is 5.32 Å². The Labute approximate surface area is 144 Å². The van der Waals surface area contributed by atoms with E-state index in [2.05, 4.69) is 20.7 Å². The van der Waals surface area contributed by atoms with Crippen LogP contribution >= 0.6 is 0 Å². The van der Waals surface area contributed by atoms with Crippen LogP contribution in [0.1, 0.15) is 31.8 Å². The molecular weight excluding hydrogens is 346 g/mol. The molecule has 0 aliphatic heterocycles. The van der Waals surface area contributed by atoms with E-state index in [0.29, 0.717) is 0 Å². The van der Waals surface area contributed by atoms with Crippen LogP contribution in [0.2, 0.25) is 0 Å². The van der Waals surface area contributed by atoms with Crippen molar-refractivity contribution in [1.82, 2.24) is 15.4 Å². The maximum atomic E-state index is 13.7. The number of phenolic OH excluding ortho intramolecular Hbond substituents is 1. The second-order valence-corrected chi connectivity index (χ2v) is 5.46. The maximum Gasteiger partial charge on any atom is 0.274 e. The summed E-state index contributed by atoms with van der Waals surface area (Å²) in [6.07, 6.45) is 0. The summed E-state index contributed by atoms with van der Waals surface area (Å²) in [5.74, 6) is -5.04. The number of ketones is 2. The molecule has 0 amide bonds. The molecule has 0 bridgehead atoms. The monoisotopic (exact) mass is 354 g/mol. The minimum absolute atomic E-state index is 0.0178. The minimum Gasteiger partial charge on any atom is -0.505 e.